The molecule has 0 amide bonds. The van der Waals surface area contributed by atoms with E-state index in [0.717, 1.165) is 36.5 Å². The Morgan fingerprint density at radius 1 is 0.875 bits per heavy atom. The number of fused-ring (bicyclic) bond motifs is 4. The van der Waals surface area contributed by atoms with Gasteiger partial charge in [-0.15, -0.1) is 0 Å². The van der Waals surface area contributed by atoms with Crippen LogP contribution in [-0.4, -0.2) is 23.1 Å². The van der Waals surface area contributed by atoms with E-state index < -0.39 is 5.60 Å². The molecular weight excluding hydrogens is 400 g/mol. The van der Waals surface area contributed by atoms with Gasteiger partial charge in [-0.25, -0.2) is 9.59 Å². The first-order valence-electron chi connectivity index (χ1n) is 12.0. The number of benzene rings is 2. The molecule has 2 fully saturated rings. The topological polar surface area (TPSA) is 52.6 Å². The summed E-state index contributed by atoms with van der Waals surface area (Å²) in [5.41, 5.74) is 1.40. The molecule has 32 heavy (non-hydrogen) atoms. The highest BCUT2D eigenvalue weighted by Gasteiger charge is 2.50. The number of ether oxygens (including phenoxy) is 2. The van der Waals surface area contributed by atoms with Crippen molar-refractivity contribution in [3.8, 4) is 0 Å². The first kappa shape index (κ1) is 20.0. The standard InChI is InChI=1S/C28H30O4/c1-27(15-17-9-11-19(27)13-17)31-25(29)23-7-3-6-22-21(23)5-4-8-24(22)26(30)32-28(2)16-18-10-12-20(28)14-18/h3-8,13,17-18,20H,9-12,14-16H2,1-2H3/t17-,18-,20+,27+,28+/m1/s1. The molecule has 0 spiro atoms. The molecule has 0 aromatic heterocycles. The van der Waals surface area contributed by atoms with E-state index in [0.29, 0.717) is 28.9 Å². The van der Waals surface area contributed by atoms with Crippen LogP contribution in [0, 0.1) is 17.8 Å². The molecule has 0 radical (unpaired) electrons. The lowest BCUT2D eigenvalue weighted by molar-refractivity contribution is -0.0368. The number of rotatable bonds is 4. The number of hydrogen-bond donors (Lipinski definition) is 0. The van der Waals surface area contributed by atoms with Crippen molar-refractivity contribution >= 4 is 22.7 Å². The van der Waals surface area contributed by atoms with Crippen molar-refractivity contribution in [3.63, 3.8) is 0 Å². The molecule has 6 rings (SSSR count). The molecule has 0 aliphatic heterocycles. The lowest BCUT2D eigenvalue weighted by Crippen LogP contribution is -2.37. The summed E-state index contributed by atoms with van der Waals surface area (Å²) in [5, 5.41) is 1.49. The summed E-state index contributed by atoms with van der Waals surface area (Å²) in [4.78, 5) is 26.5. The van der Waals surface area contributed by atoms with Gasteiger partial charge in [0.15, 0.2) is 0 Å². The van der Waals surface area contributed by atoms with Crippen molar-refractivity contribution < 1.29 is 19.1 Å². The summed E-state index contributed by atoms with van der Waals surface area (Å²) in [6.45, 7) is 4.12. The minimum absolute atomic E-state index is 0.290. The third-order valence-corrected chi connectivity index (χ3v) is 8.66. The van der Waals surface area contributed by atoms with Crippen LogP contribution in [0.3, 0.4) is 0 Å². The van der Waals surface area contributed by atoms with E-state index >= 15 is 0 Å². The Kier molecular flexibility index (Phi) is 4.34. The van der Waals surface area contributed by atoms with Crippen molar-refractivity contribution in [2.45, 2.75) is 70.0 Å². The predicted octanol–water partition coefficient (Wildman–Crippen LogP) is 6.23. The monoisotopic (exact) mass is 430 g/mol. The highest BCUT2D eigenvalue weighted by molar-refractivity contribution is 6.11. The van der Waals surface area contributed by atoms with Crippen LogP contribution in [0.1, 0.15) is 79.5 Å². The van der Waals surface area contributed by atoms with Crippen LogP contribution in [0.25, 0.3) is 10.8 Å². The average molecular weight is 431 g/mol. The fraction of sp³-hybridized carbons (Fsp3) is 0.500. The Morgan fingerprint density at radius 2 is 1.56 bits per heavy atom. The van der Waals surface area contributed by atoms with E-state index in [4.69, 9.17) is 9.47 Å². The Labute approximate surface area is 189 Å². The van der Waals surface area contributed by atoms with Crippen LogP contribution in [0.5, 0.6) is 0 Å². The van der Waals surface area contributed by atoms with E-state index in [2.05, 4.69) is 13.0 Å². The highest BCUT2D eigenvalue weighted by Crippen LogP contribution is 2.52. The Bertz CT molecular complexity index is 1160. The summed E-state index contributed by atoms with van der Waals surface area (Å²) in [5.74, 6) is 1.07. The lowest BCUT2D eigenvalue weighted by atomic mass is 9.85. The predicted molar refractivity (Wildman–Crippen MR) is 122 cm³/mol. The zero-order valence-electron chi connectivity index (χ0n) is 18.9. The van der Waals surface area contributed by atoms with Gasteiger partial charge in [-0.1, -0.05) is 30.3 Å². The first-order valence-corrected chi connectivity index (χ1v) is 12.0. The molecule has 4 aliphatic carbocycles. The number of hydrogen-bond acceptors (Lipinski definition) is 4. The average Bonchev–Trinajstić information content (AvgIpc) is 3.53. The molecule has 4 bridgehead atoms. The van der Waals surface area contributed by atoms with Crippen molar-refractivity contribution in [1.82, 2.24) is 0 Å². The Balaban J connectivity index is 1.29. The largest absolute Gasteiger partial charge is 0.455 e. The van der Waals surface area contributed by atoms with Crippen molar-refractivity contribution in [3.05, 3.63) is 59.2 Å². The third kappa shape index (κ3) is 3.02. The number of carbonyl (C=O) groups is 2. The summed E-state index contributed by atoms with van der Waals surface area (Å²) >= 11 is 0. The van der Waals surface area contributed by atoms with Gasteiger partial charge in [0.05, 0.1) is 11.1 Å². The molecule has 2 saturated carbocycles. The van der Waals surface area contributed by atoms with Crippen molar-refractivity contribution in [1.29, 1.82) is 0 Å². The molecule has 0 N–H and O–H groups in total. The second-order valence-electron chi connectivity index (χ2n) is 10.8. The fourth-order valence-electron chi connectivity index (χ4n) is 7.00. The summed E-state index contributed by atoms with van der Waals surface area (Å²) < 4.78 is 12.2. The molecule has 4 nitrogen and oxygen atoms in total. The van der Waals surface area contributed by atoms with E-state index in [1.54, 1.807) is 12.1 Å². The van der Waals surface area contributed by atoms with Gasteiger partial charge in [-0.05, 0) is 105 Å². The summed E-state index contributed by atoms with van der Waals surface area (Å²) in [6.07, 6.45) is 9.87. The van der Waals surface area contributed by atoms with Gasteiger partial charge in [-0.2, -0.15) is 0 Å². The second kappa shape index (κ2) is 6.94. The van der Waals surface area contributed by atoms with Gasteiger partial charge in [0.1, 0.15) is 11.2 Å². The van der Waals surface area contributed by atoms with Crippen molar-refractivity contribution in [2.24, 2.45) is 17.8 Å². The Hall–Kier alpha value is -2.62. The minimum atomic E-state index is -0.505. The molecule has 0 heterocycles. The summed E-state index contributed by atoms with van der Waals surface area (Å²) in [6, 6.07) is 11.1. The minimum Gasteiger partial charge on any atom is -0.455 e. The molecule has 4 heteroatoms. The van der Waals surface area contributed by atoms with Crippen LogP contribution < -0.4 is 0 Å². The number of allylic oxidation sites excluding steroid dienone is 1. The maximum atomic E-state index is 13.2. The molecule has 2 aromatic carbocycles. The molecular formula is C28H30O4. The van der Waals surface area contributed by atoms with Crippen LogP contribution >= 0.6 is 0 Å². The zero-order chi connectivity index (χ0) is 22.1. The second-order valence-corrected chi connectivity index (χ2v) is 10.8. The molecule has 4 aliphatic rings. The fourth-order valence-corrected chi connectivity index (χ4v) is 7.00. The molecule has 2 aromatic rings. The maximum Gasteiger partial charge on any atom is 0.339 e. The van der Waals surface area contributed by atoms with Crippen LogP contribution in [-0.2, 0) is 9.47 Å². The van der Waals surface area contributed by atoms with Crippen LogP contribution in [0.15, 0.2) is 48.0 Å². The van der Waals surface area contributed by atoms with Gasteiger partial charge in [0, 0.05) is 0 Å². The van der Waals surface area contributed by atoms with Crippen LogP contribution in [0.2, 0.25) is 0 Å². The Morgan fingerprint density at radius 3 is 2.09 bits per heavy atom. The molecule has 0 unspecified atom stereocenters. The third-order valence-electron chi connectivity index (χ3n) is 8.66. The normalized spacial score (nSPS) is 34.7. The lowest BCUT2D eigenvalue weighted by Gasteiger charge is -2.33. The van der Waals surface area contributed by atoms with E-state index in [1.807, 2.05) is 31.2 Å². The van der Waals surface area contributed by atoms with E-state index in [-0.39, 0.29) is 17.5 Å². The molecule has 0 saturated heterocycles. The van der Waals surface area contributed by atoms with E-state index in [9.17, 15) is 9.59 Å². The maximum absolute atomic E-state index is 13.2. The highest BCUT2D eigenvalue weighted by atomic mass is 16.6. The van der Waals surface area contributed by atoms with Gasteiger partial charge in [0.25, 0.3) is 0 Å². The number of esters is 2. The zero-order valence-corrected chi connectivity index (χ0v) is 18.9. The smallest absolute Gasteiger partial charge is 0.339 e. The van der Waals surface area contributed by atoms with Gasteiger partial charge in [-0.3, -0.25) is 0 Å². The SMILES string of the molecule is C[C@]1(OC(=O)c2cccc3c(C(=O)O[C@@]4(C)C[C@@H]5CC[C@H]4C5)cccc23)C[C@H]2C=C1CC2. The van der Waals surface area contributed by atoms with Gasteiger partial charge >= 0.3 is 11.9 Å². The van der Waals surface area contributed by atoms with Crippen molar-refractivity contribution in [2.75, 3.05) is 0 Å². The quantitative estimate of drug-likeness (QED) is 0.426. The molecule has 166 valence electrons. The van der Waals surface area contributed by atoms with E-state index in [1.165, 1.54) is 24.8 Å². The van der Waals surface area contributed by atoms with Crippen LogP contribution in [0.4, 0.5) is 0 Å². The summed E-state index contributed by atoms with van der Waals surface area (Å²) in [7, 11) is 0. The number of carbonyl (C=O) groups excluding carboxylic acids is 2. The van der Waals surface area contributed by atoms with Gasteiger partial charge < -0.3 is 9.47 Å². The molecule has 5 atom stereocenters. The first-order chi connectivity index (χ1) is 15.3. The van der Waals surface area contributed by atoms with Gasteiger partial charge in [0.2, 0.25) is 0 Å².